The molecule has 1 aromatic carbocycles. The summed E-state index contributed by atoms with van der Waals surface area (Å²) in [4.78, 5) is 8.57. The van der Waals surface area contributed by atoms with Crippen molar-refractivity contribution in [1.82, 2.24) is 15.1 Å². The Labute approximate surface area is 138 Å². The quantitative estimate of drug-likeness (QED) is 0.716. The number of hydrogen-bond donors (Lipinski definition) is 0. The Hall–Kier alpha value is -3.20. The zero-order valence-electron chi connectivity index (χ0n) is 12.8. The van der Waals surface area contributed by atoms with Crippen molar-refractivity contribution in [2.24, 2.45) is 5.92 Å². The normalized spacial score (nSPS) is 13.5. The van der Waals surface area contributed by atoms with Crippen LogP contribution in [-0.2, 0) is 0 Å². The highest BCUT2D eigenvalue weighted by atomic mass is 16.5. The summed E-state index contributed by atoms with van der Waals surface area (Å²) < 4.78 is 11.1. The van der Waals surface area contributed by atoms with Gasteiger partial charge in [-0.1, -0.05) is 11.2 Å². The Kier molecular flexibility index (Phi) is 3.67. The van der Waals surface area contributed by atoms with E-state index in [0.717, 1.165) is 0 Å². The molecule has 1 fully saturated rings. The SMILES string of the molecule is N#Cc1cc(OCC2CC2)cc(-c2nc(-c3ccccn3)no2)c1. The Morgan fingerprint density at radius 1 is 1.25 bits per heavy atom. The van der Waals surface area contributed by atoms with Gasteiger partial charge in [0.15, 0.2) is 0 Å². The van der Waals surface area contributed by atoms with E-state index in [-0.39, 0.29) is 0 Å². The molecule has 6 heteroatoms. The fraction of sp³-hybridized carbons (Fsp3) is 0.222. The molecule has 2 aromatic heterocycles. The molecule has 1 saturated carbocycles. The van der Waals surface area contributed by atoms with Crippen molar-refractivity contribution >= 4 is 0 Å². The highest BCUT2D eigenvalue weighted by Crippen LogP contribution is 2.31. The minimum Gasteiger partial charge on any atom is -0.493 e. The van der Waals surface area contributed by atoms with Gasteiger partial charge in [-0.3, -0.25) is 4.98 Å². The molecule has 0 aliphatic heterocycles. The average molecular weight is 318 g/mol. The molecule has 2 heterocycles. The van der Waals surface area contributed by atoms with E-state index in [4.69, 9.17) is 9.26 Å². The summed E-state index contributed by atoms with van der Waals surface area (Å²) >= 11 is 0. The van der Waals surface area contributed by atoms with Crippen molar-refractivity contribution in [2.75, 3.05) is 6.61 Å². The van der Waals surface area contributed by atoms with Gasteiger partial charge < -0.3 is 9.26 Å². The lowest BCUT2D eigenvalue weighted by Crippen LogP contribution is -1.99. The van der Waals surface area contributed by atoms with Crippen LogP contribution in [-0.4, -0.2) is 21.7 Å². The third-order valence-electron chi connectivity index (χ3n) is 3.79. The standard InChI is InChI=1S/C18H14N4O2/c19-10-13-7-14(9-15(8-13)23-11-12-4-5-12)18-21-17(22-24-18)16-3-1-2-6-20-16/h1-3,6-9,12H,4-5,11H2. The van der Waals surface area contributed by atoms with Crippen molar-refractivity contribution in [3.05, 3.63) is 48.2 Å². The molecule has 0 atom stereocenters. The van der Waals surface area contributed by atoms with Gasteiger partial charge in [-0.2, -0.15) is 10.2 Å². The average Bonchev–Trinajstić information content (AvgIpc) is 3.34. The molecule has 0 bridgehead atoms. The molecule has 0 saturated heterocycles. The first-order valence-corrected chi connectivity index (χ1v) is 7.75. The predicted molar refractivity (Wildman–Crippen MR) is 85.9 cm³/mol. The topological polar surface area (TPSA) is 84.8 Å². The molecule has 0 radical (unpaired) electrons. The number of benzene rings is 1. The van der Waals surface area contributed by atoms with Crippen LogP contribution >= 0.6 is 0 Å². The molecule has 118 valence electrons. The van der Waals surface area contributed by atoms with Crippen LogP contribution < -0.4 is 4.74 Å². The van der Waals surface area contributed by atoms with Crippen LogP contribution in [0.4, 0.5) is 0 Å². The van der Waals surface area contributed by atoms with E-state index in [1.54, 1.807) is 18.3 Å². The fourth-order valence-corrected chi connectivity index (χ4v) is 2.31. The van der Waals surface area contributed by atoms with Crippen molar-refractivity contribution in [2.45, 2.75) is 12.8 Å². The second-order valence-electron chi connectivity index (χ2n) is 5.75. The molecule has 0 unspecified atom stereocenters. The molecule has 4 rings (SSSR count). The minimum absolute atomic E-state index is 0.337. The van der Waals surface area contributed by atoms with E-state index >= 15 is 0 Å². The van der Waals surface area contributed by atoms with Gasteiger partial charge in [-0.05, 0) is 49.1 Å². The third-order valence-corrected chi connectivity index (χ3v) is 3.79. The van der Waals surface area contributed by atoms with E-state index in [1.807, 2.05) is 24.3 Å². The monoisotopic (exact) mass is 318 g/mol. The van der Waals surface area contributed by atoms with Gasteiger partial charge in [0.2, 0.25) is 5.82 Å². The molecule has 1 aliphatic rings. The Morgan fingerprint density at radius 3 is 2.92 bits per heavy atom. The summed E-state index contributed by atoms with van der Waals surface area (Å²) in [5.74, 6) is 2.03. The summed E-state index contributed by atoms with van der Waals surface area (Å²) in [5, 5.41) is 13.2. The van der Waals surface area contributed by atoms with Crippen molar-refractivity contribution in [3.63, 3.8) is 0 Å². The zero-order valence-corrected chi connectivity index (χ0v) is 12.8. The van der Waals surface area contributed by atoms with Crippen LogP contribution in [0, 0.1) is 17.2 Å². The van der Waals surface area contributed by atoms with Crippen molar-refractivity contribution < 1.29 is 9.26 Å². The molecule has 3 aromatic rings. The number of pyridine rings is 1. The molecule has 0 amide bonds. The van der Waals surface area contributed by atoms with Crippen molar-refractivity contribution in [3.8, 4) is 34.8 Å². The summed E-state index contributed by atoms with van der Waals surface area (Å²) in [6.07, 6.45) is 4.09. The van der Waals surface area contributed by atoms with E-state index in [0.29, 0.717) is 46.8 Å². The minimum atomic E-state index is 0.337. The lowest BCUT2D eigenvalue weighted by Gasteiger charge is -2.06. The molecule has 1 aliphatic carbocycles. The highest BCUT2D eigenvalue weighted by Gasteiger charge is 2.22. The number of hydrogen-bond acceptors (Lipinski definition) is 6. The Balaban J connectivity index is 1.64. The maximum Gasteiger partial charge on any atom is 0.258 e. The van der Waals surface area contributed by atoms with Gasteiger partial charge in [0.25, 0.3) is 5.89 Å². The number of ether oxygens (including phenoxy) is 1. The smallest absolute Gasteiger partial charge is 0.258 e. The Bertz CT molecular complexity index is 895. The summed E-state index contributed by atoms with van der Waals surface area (Å²) in [5.41, 5.74) is 1.79. The first-order chi connectivity index (χ1) is 11.8. The fourth-order valence-electron chi connectivity index (χ4n) is 2.31. The first-order valence-electron chi connectivity index (χ1n) is 7.75. The lowest BCUT2D eigenvalue weighted by atomic mass is 10.1. The van der Waals surface area contributed by atoms with Crippen LogP contribution in [0.2, 0.25) is 0 Å². The van der Waals surface area contributed by atoms with Crippen LogP contribution in [0.3, 0.4) is 0 Å². The van der Waals surface area contributed by atoms with Crippen LogP contribution in [0.1, 0.15) is 18.4 Å². The number of nitrogens with zero attached hydrogens (tertiary/aromatic N) is 4. The lowest BCUT2D eigenvalue weighted by molar-refractivity contribution is 0.299. The van der Waals surface area contributed by atoms with Crippen molar-refractivity contribution in [1.29, 1.82) is 5.26 Å². The van der Waals surface area contributed by atoms with E-state index in [2.05, 4.69) is 21.2 Å². The number of aromatic nitrogens is 3. The van der Waals surface area contributed by atoms with Crippen LogP contribution in [0.25, 0.3) is 23.0 Å². The molecule has 0 N–H and O–H groups in total. The predicted octanol–water partition coefficient (Wildman–Crippen LogP) is 3.46. The van der Waals surface area contributed by atoms with Gasteiger partial charge in [-0.25, -0.2) is 0 Å². The third kappa shape index (κ3) is 3.10. The summed E-state index contributed by atoms with van der Waals surface area (Å²) in [7, 11) is 0. The Morgan fingerprint density at radius 2 is 2.17 bits per heavy atom. The second kappa shape index (κ2) is 6.13. The van der Waals surface area contributed by atoms with Crippen LogP contribution in [0.5, 0.6) is 5.75 Å². The second-order valence-corrected chi connectivity index (χ2v) is 5.75. The maximum atomic E-state index is 9.22. The van der Waals surface area contributed by atoms with Gasteiger partial charge in [0.05, 0.1) is 18.2 Å². The van der Waals surface area contributed by atoms with Gasteiger partial charge in [-0.15, -0.1) is 0 Å². The summed E-state index contributed by atoms with van der Waals surface area (Å²) in [6.45, 7) is 0.678. The van der Waals surface area contributed by atoms with Gasteiger partial charge in [0, 0.05) is 11.8 Å². The van der Waals surface area contributed by atoms with Gasteiger partial charge in [0.1, 0.15) is 11.4 Å². The first kappa shape index (κ1) is 14.4. The molecule has 6 nitrogen and oxygen atoms in total. The molecular weight excluding hydrogens is 304 g/mol. The molecular formula is C18H14N4O2. The zero-order chi connectivity index (χ0) is 16.4. The van der Waals surface area contributed by atoms with E-state index in [1.165, 1.54) is 12.8 Å². The highest BCUT2D eigenvalue weighted by molar-refractivity contribution is 5.61. The largest absolute Gasteiger partial charge is 0.493 e. The summed E-state index contributed by atoms with van der Waals surface area (Å²) in [6, 6.07) is 12.9. The van der Waals surface area contributed by atoms with Gasteiger partial charge >= 0.3 is 0 Å². The van der Waals surface area contributed by atoms with Crippen LogP contribution in [0.15, 0.2) is 47.1 Å². The molecule has 24 heavy (non-hydrogen) atoms. The van der Waals surface area contributed by atoms with E-state index < -0.39 is 0 Å². The maximum absolute atomic E-state index is 9.22. The number of rotatable bonds is 5. The van der Waals surface area contributed by atoms with E-state index in [9.17, 15) is 5.26 Å². The number of nitriles is 1. The molecule has 0 spiro atoms.